The Morgan fingerprint density at radius 3 is 2.38 bits per heavy atom. The van der Waals surface area contributed by atoms with Gasteiger partial charge in [-0.1, -0.05) is 57.5 Å². The SMILES string of the molecule is CC(=O)O[C@@H](C(=O)O[C@@H]1C[C@H](C)CC[C@H]1C(C)C)c1ccccc1. The van der Waals surface area contributed by atoms with Crippen molar-refractivity contribution in [3.63, 3.8) is 0 Å². The van der Waals surface area contributed by atoms with Crippen LogP contribution in [0.5, 0.6) is 0 Å². The van der Waals surface area contributed by atoms with Crippen molar-refractivity contribution in [2.45, 2.75) is 59.2 Å². The van der Waals surface area contributed by atoms with Gasteiger partial charge in [0.25, 0.3) is 0 Å². The Morgan fingerprint density at radius 1 is 1.12 bits per heavy atom. The highest BCUT2D eigenvalue weighted by molar-refractivity contribution is 5.80. The summed E-state index contributed by atoms with van der Waals surface area (Å²) in [7, 11) is 0. The highest BCUT2D eigenvalue weighted by Gasteiger charge is 2.36. The maximum atomic E-state index is 12.7. The number of rotatable bonds is 5. The summed E-state index contributed by atoms with van der Waals surface area (Å²) >= 11 is 0. The number of carbonyl (C=O) groups is 2. The molecule has 24 heavy (non-hydrogen) atoms. The van der Waals surface area contributed by atoms with Crippen LogP contribution < -0.4 is 0 Å². The van der Waals surface area contributed by atoms with Crippen molar-refractivity contribution in [2.75, 3.05) is 0 Å². The van der Waals surface area contributed by atoms with Gasteiger partial charge in [0, 0.05) is 12.5 Å². The summed E-state index contributed by atoms with van der Waals surface area (Å²) in [6.07, 6.45) is 2.01. The number of carbonyl (C=O) groups excluding carboxylic acids is 2. The molecule has 0 aromatic heterocycles. The van der Waals surface area contributed by atoms with Gasteiger partial charge in [0.2, 0.25) is 6.10 Å². The number of benzene rings is 1. The second-order valence-electron chi connectivity index (χ2n) is 7.20. The van der Waals surface area contributed by atoms with Crippen molar-refractivity contribution >= 4 is 11.9 Å². The summed E-state index contributed by atoms with van der Waals surface area (Å²) in [4.78, 5) is 24.1. The molecular weight excluding hydrogens is 304 g/mol. The summed E-state index contributed by atoms with van der Waals surface area (Å²) in [5.74, 6) is 0.402. The molecule has 0 heterocycles. The maximum absolute atomic E-state index is 12.7. The molecule has 1 aliphatic rings. The van der Waals surface area contributed by atoms with Gasteiger partial charge >= 0.3 is 11.9 Å². The molecule has 0 bridgehead atoms. The monoisotopic (exact) mass is 332 g/mol. The predicted molar refractivity (Wildman–Crippen MR) is 92.2 cm³/mol. The van der Waals surface area contributed by atoms with E-state index in [0.29, 0.717) is 23.3 Å². The topological polar surface area (TPSA) is 52.6 Å². The zero-order chi connectivity index (χ0) is 17.7. The summed E-state index contributed by atoms with van der Waals surface area (Å²) in [6.45, 7) is 7.84. The van der Waals surface area contributed by atoms with Gasteiger partial charge in [-0.2, -0.15) is 0 Å². The van der Waals surface area contributed by atoms with Gasteiger partial charge in [-0.25, -0.2) is 4.79 Å². The standard InChI is InChI=1S/C20H28O4/c1-13(2)17-11-10-14(3)12-18(17)24-20(22)19(23-15(4)21)16-8-6-5-7-9-16/h5-9,13-14,17-19H,10-12H2,1-4H3/t14-,17+,18-,19-/m1/s1. The average molecular weight is 332 g/mol. The van der Waals surface area contributed by atoms with Crippen LogP contribution in [0.15, 0.2) is 30.3 Å². The third-order valence-electron chi connectivity index (χ3n) is 4.83. The molecule has 132 valence electrons. The van der Waals surface area contributed by atoms with Crippen molar-refractivity contribution < 1.29 is 19.1 Å². The Hall–Kier alpha value is -1.84. The molecule has 1 aromatic rings. The molecular formula is C20H28O4. The molecule has 0 unspecified atom stereocenters. The van der Waals surface area contributed by atoms with E-state index in [-0.39, 0.29) is 6.10 Å². The van der Waals surface area contributed by atoms with Crippen LogP contribution >= 0.6 is 0 Å². The van der Waals surface area contributed by atoms with E-state index in [1.807, 2.05) is 18.2 Å². The lowest BCUT2D eigenvalue weighted by atomic mass is 9.75. The van der Waals surface area contributed by atoms with Crippen LogP contribution in [0.1, 0.15) is 58.6 Å². The van der Waals surface area contributed by atoms with Crippen LogP contribution in [0.2, 0.25) is 0 Å². The molecule has 1 fully saturated rings. The van der Waals surface area contributed by atoms with Gasteiger partial charge < -0.3 is 9.47 Å². The van der Waals surface area contributed by atoms with E-state index in [4.69, 9.17) is 9.47 Å². The molecule has 4 heteroatoms. The van der Waals surface area contributed by atoms with Crippen molar-refractivity contribution in [3.8, 4) is 0 Å². The van der Waals surface area contributed by atoms with Crippen molar-refractivity contribution in [2.24, 2.45) is 17.8 Å². The maximum Gasteiger partial charge on any atom is 0.352 e. The molecule has 0 amide bonds. The van der Waals surface area contributed by atoms with E-state index in [0.717, 1.165) is 12.8 Å². The van der Waals surface area contributed by atoms with Crippen LogP contribution in [0.3, 0.4) is 0 Å². The van der Waals surface area contributed by atoms with E-state index in [1.54, 1.807) is 12.1 Å². The zero-order valence-corrected chi connectivity index (χ0v) is 15.0. The van der Waals surface area contributed by atoms with Crippen LogP contribution in [0, 0.1) is 17.8 Å². The fourth-order valence-corrected chi connectivity index (χ4v) is 3.51. The second kappa shape index (κ2) is 8.32. The minimum absolute atomic E-state index is 0.108. The van der Waals surface area contributed by atoms with Gasteiger partial charge in [0.15, 0.2) is 0 Å². The molecule has 4 nitrogen and oxygen atoms in total. The molecule has 0 saturated heterocycles. The fraction of sp³-hybridized carbons (Fsp3) is 0.600. The largest absolute Gasteiger partial charge is 0.459 e. The number of hydrogen-bond donors (Lipinski definition) is 0. The second-order valence-corrected chi connectivity index (χ2v) is 7.20. The lowest BCUT2D eigenvalue weighted by Gasteiger charge is -2.37. The minimum Gasteiger partial charge on any atom is -0.459 e. The molecule has 1 aliphatic carbocycles. The Bertz CT molecular complexity index is 552. The molecule has 0 N–H and O–H groups in total. The third-order valence-corrected chi connectivity index (χ3v) is 4.83. The smallest absolute Gasteiger partial charge is 0.352 e. The van der Waals surface area contributed by atoms with E-state index in [1.165, 1.54) is 13.3 Å². The van der Waals surface area contributed by atoms with Crippen LogP contribution in [0.4, 0.5) is 0 Å². The van der Waals surface area contributed by atoms with Crippen molar-refractivity contribution in [3.05, 3.63) is 35.9 Å². The first-order valence-corrected chi connectivity index (χ1v) is 8.81. The summed E-state index contributed by atoms with van der Waals surface area (Å²) in [5, 5.41) is 0. The highest BCUT2D eigenvalue weighted by atomic mass is 16.6. The van der Waals surface area contributed by atoms with Gasteiger partial charge in [0.05, 0.1) is 0 Å². The van der Waals surface area contributed by atoms with Gasteiger partial charge in [-0.3, -0.25) is 4.79 Å². The quantitative estimate of drug-likeness (QED) is 0.755. The molecule has 0 aliphatic heterocycles. The van der Waals surface area contributed by atoms with Crippen LogP contribution in [-0.4, -0.2) is 18.0 Å². The lowest BCUT2D eigenvalue weighted by molar-refractivity contribution is -0.176. The number of hydrogen-bond acceptors (Lipinski definition) is 4. The normalized spacial score (nSPS) is 25.1. The Balaban J connectivity index is 2.15. The molecule has 1 aromatic carbocycles. The average Bonchev–Trinajstić information content (AvgIpc) is 2.53. The molecule has 2 rings (SSSR count). The van der Waals surface area contributed by atoms with Gasteiger partial charge in [0.1, 0.15) is 6.10 Å². The summed E-state index contributed by atoms with van der Waals surface area (Å²) in [5.41, 5.74) is 0.641. The van der Waals surface area contributed by atoms with E-state index < -0.39 is 18.0 Å². The fourth-order valence-electron chi connectivity index (χ4n) is 3.51. The number of esters is 2. The van der Waals surface area contributed by atoms with E-state index in [2.05, 4.69) is 20.8 Å². The Kier molecular flexibility index (Phi) is 6.41. The van der Waals surface area contributed by atoms with Crippen LogP contribution in [-0.2, 0) is 19.1 Å². The third kappa shape index (κ3) is 4.83. The predicted octanol–water partition coefficient (Wildman–Crippen LogP) is 4.29. The summed E-state index contributed by atoms with van der Waals surface area (Å²) < 4.78 is 11.1. The Labute approximate surface area is 144 Å². The first-order chi connectivity index (χ1) is 11.4. The molecule has 0 radical (unpaired) electrons. The highest BCUT2D eigenvalue weighted by Crippen LogP contribution is 2.36. The van der Waals surface area contributed by atoms with E-state index in [9.17, 15) is 9.59 Å². The van der Waals surface area contributed by atoms with E-state index >= 15 is 0 Å². The Morgan fingerprint density at radius 2 is 1.79 bits per heavy atom. The van der Waals surface area contributed by atoms with Gasteiger partial charge in [-0.15, -0.1) is 0 Å². The summed E-state index contributed by atoms with van der Waals surface area (Å²) in [6, 6.07) is 9.05. The number of ether oxygens (including phenoxy) is 2. The molecule has 0 spiro atoms. The minimum atomic E-state index is -0.992. The van der Waals surface area contributed by atoms with Crippen LogP contribution in [0.25, 0.3) is 0 Å². The lowest BCUT2D eigenvalue weighted by Crippen LogP contribution is -2.37. The van der Waals surface area contributed by atoms with Crippen molar-refractivity contribution in [1.82, 2.24) is 0 Å². The van der Waals surface area contributed by atoms with Gasteiger partial charge in [-0.05, 0) is 30.6 Å². The zero-order valence-electron chi connectivity index (χ0n) is 15.0. The first kappa shape index (κ1) is 18.5. The first-order valence-electron chi connectivity index (χ1n) is 8.81. The molecule has 4 atom stereocenters. The van der Waals surface area contributed by atoms with Crippen molar-refractivity contribution in [1.29, 1.82) is 0 Å². The molecule has 1 saturated carbocycles.